The van der Waals surface area contributed by atoms with E-state index in [0.29, 0.717) is 18.7 Å². The molecule has 2 atom stereocenters. The Balaban J connectivity index is 1.39. The van der Waals surface area contributed by atoms with Crippen LogP contribution in [0.25, 0.3) is 10.8 Å². The van der Waals surface area contributed by atoms with Crippen molar-refractivity contribution in [3.8, 4) is 5.75 Å². The summed E-state index contributed by atoms with van der Waals surface area (Å²) in [6.45, 7) is 5.38. The third-order valence-electron chi connectivity index (χ3n) is 6.40. The molecule has 5 nitrogen and oxygen atoms in total. The molecule has 2 N–H and O–H groups in total. The minimum absolute atomic E-state index is 0.0962. The van der Waals surface area contributed by atoms with Crippen LogP contribution in [0.4, 0.5) is 11.4 Å². The number of fused-ring (bicyclic) bond motifs is 2. The Morgan fingerprint density at radius 1 is 1.06 bits per heavy atom. The highest BCUT2D eigenvalue weighted by molar-refractivity contribution is 5.90. The molecule has 0 saturated heterocycles. The summed E-state index contributed by atoms with van der Waals surface area (Å²) in [4.78, 5) is 13.8. The lowest BCUT2D eigenvalue weighted by Crippen LogP contribution is -2.44. The fraction of sp³-hybridized carbons (Fsp3) is 0.207. The van der Waals surface area contributed by atoms with Crippen LogP contribution in [0.15, 0.2) is 84.9 Å². The van der Waals surface area contributed by atoms with Gasteiger partial charge in [-0.2, -0.15) is 0 Å². The summed E-state index contributed by atoms with van der Waals surface area (Å²) in [5.74, 6) is -0.120. The van der Waals surface area contributed by atoms with Gasteiger partial charge >= 0.3 is 5.97 Å². The molecule has 0 aromatic heterocycles. The average molecular weight is 453 g/mol. The van der Waals surface area contributed by atoms with Crippen molar-refractivity contribution in [1.82, 2.24) is 5.32 Å². The fourth-order valence-electron chi connectivity index (χ4n) is 4.74. The number of hydrogen-bond donors (Lipinski definition) is 2. The molecular formula is C29H28N2O3. The monoisotopic (exact) mass is 452 g/mol. The van der Waals surface area contributed by atoms with Gasteiger partial charge in [0, 0.05) is 18.3 Å². The molecule has 0 radical (unpaired) electrons. The Hall–Kier alpha value is -3.83. The van der Waals surface area contributed by atoms with Crippen LogP contribution in [0.2, 0.25) is 0 Å². The molecule has 0 bridgehead atoms. The molecular weight excluding hydrogens is 424 g/mol. The first-order valence-electron chi connectivity index (χ1n) is 11.6. The summed E-state index contributed by atoms with van der Waals surface area (Å²) < 4.78 is 6.34. The van der Waals surface area contributed by atoms with E-state index in [-0.39, 0.29) is 12.1 Å². The number of aryl methyl sites for hydroxylation is 1. The largest absolute Gasteiger partial charge is 0.485 e. The molecule has 5 rings (SSSR count). The zero-order valence-electron chi connectivity index (χ0n) is 19.4. The first-order valence-corrected chi connectivity index (χ1v) is 11.6. The molecule has 5 heteroatoms. The van der Waals surface area contributed by atoms with Gasteiger partial charge in [0.25, 0.3) is 0 Å². The smallest absolute Gasteiger partial charge is 0.335 e. The molecule has 0 aliphatic carbocycles. The number of aromatic carboxylic acids is 1. The minimum Gasteiger partial charge on any atom is -0.485 e. The van der Waals surface area contributed by atoms with E-state index in [4.69, 9.17) is 4.74 Å². The van der Waals surface area contributed by atoms with Crippen molar-refractivity contribution in [3.05, 3.63) is 102 Å². The minimum atomic E-state index is -0.923. The van der Waals surface area contributed by atoms with E-state index < -0.39 is 5.97 Å². The van der Waals surface area contributed by atoms with Gasteiger partial charge in [0.1, 0.15) is 11.9 Å². The maximum atomic E-state index is 11.7. The predicted octanol–water partition coefficient (Wildman–Crippen LogP) is 6.10. The Bertz CT molecular complexity index is 1350. The number of hydrogen-bond acceptors (Lipinski definition) is 4. The number of ether oxygens (including phenoxy) is 1. The van der Waals surface area contributed by atoms with Crippen LogP contribution >= 0.6 is 0 Å². The van der Waals surface area contributed by atoms with Gasteiger partial charge in [-0.3, -0.25) is 0 Å². The molecule has 4 aromatic rings. The van der Waals surface area contributed by atoms with Crippen molar-refractivity contribution in [2.24, 2.45) is 0 Å². The second kappa shape index (κ2) is 9.20. The first kappa shape index (κ1) is 22.0. The van der Waals surface area contributed by atoms with Gasteiger partial charge in [-0.25, -0.2) is 4.79 Å². The number of nitrogens with one attached hydrogen (secondary N) is 1. The van der Waals surface area contributed by atoms with Gasteiger partial charge in [0.15, 0.2) is 0 Å². The van der Waals surface area contributed by atoms with Crippen molar-refractivity contribution in [3.63, 3.8) is 0 Å². The summed E-state index contributed by atoms with van der Waals surface area (Å²) in [6, 6.07) is 28.4. The van der Waals surface area contributed by atoms with Crippen molar-refractivity contribution >= 4 is 28.1 Å². The van der Waals surface area contributed by atoms with Gasteiger partial charge in [-0.05, 0) is 66.1 Å². The lowest BCUT2D eigenvalue weighted by atomic mass is 9.99. The average Bonchev–Trinajstić information content (AvgIpc) is 2.86. The van der Waals surface area contributed by atoms with Crippen LogP contribution in [-0.2, 0) is 0 Å². The summed E-state index contributed by atoms with van der Waals surface area (Å²) in [5.41, 5.74) is 4.27. The molecule has 1 heterocycles. The maximum absolute atomic E-state index is 11.7. The van der Waals surface area contributed by atoms with Crippen LogP contribution < -0.4 is 15.0 Å². The zero-order chi connectivity index (χ0) is 23.7. The number of rotatable bonds is 6. The van der Waals surface area contributed by atoms with Crippen LogP contribution in [0.1, 0.15) is 34.5 Å². The molecule has 1 aliphatic rings. The molecule has 4 aromatic carbocycles. The number of nitrogens with zero attached hydrogens (tertiary/aromatic N) is 1. The van der Waals surface area contributed by atoms with E-state index in [0.717, 1.165) is 22.7 Å². The van der Waals surface area contributed by atoms with E-state index in [1.165, 1.54) is 16.3 Å². The molecule has 0 fully saturated rings. The number of carbonyl (C=O) groups is 1. The first-order chi connectivity index (χ1) is 16.5. The number of anilines is 2. The van der Waals surface area contributed by atoms with Crippen LogP contribution in [-0.4, -0.2) is 30.3 Å². The Morgan fingerprint density at radius 3 is 2.68 bits per heavy atom. The molecule has 2 unspecified atom stereocenters. The van der Waals surface area contributed by atoms with Crippen molar-refractivity contribution in [2.75, 3.05) is 18.0 Å². The Kier molecular flexibility index (Phi) is 5.95. The lowest BCUT2D eigenvalue weighted by Gasteiger charge is -2.37. The Labute approximate surface area is 199 Å². The standard InChI is InChI=1S/C29H28N2O3/c1-19-14-22(29(32)33)16-23(15-19)31-18-24(34-28-13-6-5-12-27(28)31)17-30-20(2)25-11-7-9-21-8-3-4-10-26(21)25/h3-16,20,24,30H,17-18H2,1-2H3,(H,32,33). The molecule has 1 aliphatic heterocycles. The van der Waals surface area contributed by atoms with E-state index in [1.54, 1.807) is 12.1 Å². The van der Waals surface area contributed by atoms with Gasteiger partial charge in [-0.15, -0.1) is 0 Å². The van der Waals surface area contributed by atoms with Crippen molar-refractivity contribution in [1.29, 1.82) is 0 Å². The summed E-state index contributed by atoms with van der Waals surface area (Å²) >= 11 is 0. The third-order valence-corrected chi connectivity index (χ3v) is 6.40. The van der Waals surface area contributed by atoms with Gasteiger partial charge in [-0.1, -0.05) is 54.6 Å². The third kappa shape index (κ3) is 4.35. The maximum Gasteiger partial charge on any atom is 0.335 e. The van der Waals surface area contributed by atoms with Gasteiger partial charge in [0.2, 0.25) is 0 Å². The van der Waals surface area contributed by atoms with Gasteiger partial charge in [0.05, 0.1) is 17.8 Å². The lowest BCUT2D eigenvalue weighted by molar-refractivity contribution is 0.0697. The van der Waals surface area contributed by atoms with E-state index in [2.05, 4.69) is 59.6 Å². The molecule has 0 amide bonds. The number of benzene rings is 4. The van der Waals surface area contributed by atoms with Crippen molar-refractivity contribution in [2.45, 2.75) is 26.0 Å². The summed E-state index contributed by atoms with van der Waals surface area (Å²) in [5, 5.41) is 15.7. The SMILES string of the molecule is Cc1cc(C(=O)O)cc(N2CC(CNC(C)c3cccc4ccccc34)Oc3ccccc32)c1. The predicted molar refractivity (Wildman–Crippen MR) is 136 cm³/mol. The molecule has 0 saturated carbocycles. The fourth-order valence-corrected chi connectivity index (χ4v) is 4.74. The van der Waals surface area contributed by atoms with E-state index >= 15 is 0 Å². The van der Waals surface area contributed by atoms with E-state index in [1.807, 2.05) is 37.3 Å². The van der Waals surface area contributed by atoms with Crippen LogP contribution in [0, 0.1) is 6.92 Å². The van der Waals surface area contributed by atoms with Crippen LogP contribution in [0.5, 0.6) is 5.75 Å². The molecule has 0 spiro atoms. The number of carboxylic acids is 1. The topological polar surface area (TPSA) is 61.8 Å². The van der Waals surface area contributed by atoms with Crippen LogP contribution in [0.3, 0.4) is 0 Å². The summed E-state index contributed by atoms with van der Waals surface area (Å²) in [6.07, 6.45) is -0.0962. The quantitative estimate of drug-likeness (QED) is 0.370. The van der Waals surface area contributed by atoms with Crippen molar-refractivity contribution < 1.29 is 14.6 Å². The molecule has 34 heavy (non-hydrogen) atoms. The zero-order valence-corrected chi connectivity index (χ0v) is 19.4. The molecule has 172 valence electrons. The highest BCUT2D eigenvalue weighted by Crippen LogP contribution is 2.38. The number of carboxylic acid groups (broad SMARTS) is 1. The van der Waals surface area contributed by atoms with E-state index in [9.17, 15) is 9.90 Å². The second-order valence-electron chi connectivity index (χ2n) is 8.88. The van der Waals surface area contributed by atoms with Gasteiger partial charge < -0.3 is 20.1 Å². The highest BCUT2D eigenvalue weighted by atomic mass is 16.5. The number of para-hydroxylation sites is 2. The second-order valence-corrected chi connectivity index (χ2v) is 8.88. The normalized spacial score (nSPS) is 16.1. The Morgan fingerprint density at radius 2 is 1.82 bits per heavy atom. The highest BCUT2D eigenvalue weighted by Gasteiger charge is 2.27. The summed E-state index contributed by atoms with van der Waals surface area (Å²) in [7, 11) is 0.